The molecule has 0 fully saturated rings. The molecule has 1 amide bonds. The van der Waals surface area contributed by atoms with E-state index >= 15 is 0 Å². The summed E-state index contributed by atoms with van der Waals surface area (Å²) in [7, 11) is 0. The summed E-state index contributed by atoms with van der Waals surface area (Å²) >= 11 is 0. The van der Waals surface area contributed by atoms with Gasteiger partial charge in [-0.15, -0.1) is 0 Å². The van der Waals surface area contributed by atoms with Crippen LogP contribution >= 0.6 is 0 Å². The van der Waals surface area contributed by atoms with E-state index in [2.05, 4.69) is 0 Å². The largest absolute Gasteiger partial charge is 0.489 e. The Morgan fingerprint density at radius 1 is 0.970 bits per heavy atom. The van der Waals surface area contributed by atoms with Gasteiger partial charge >= 0.3 is 11.9 Å². The number of carboxylic acids is 2. The molecule has 8 heteroatoms. The third-order valence-electron chi connectivity index (χ3n) is 5.34. The molecule has 3 aromatic rings. The summed E-state index contributed by atoms with van der Waals surface area (Å²) in [5, 5.41) is 17.8. The molecule has 3 aromatic carbocycles. The second-order valence-electron chi connectivity index (χ2n) is 7.60. The molecule has 0 bridgehead atoms. The molecular weight excluding hydrogens is 426 g/mol. The minimum atomic E-state index is -1.04. The Bertz CT molecular complexity index is 1230. The quantitative estimate of drug-likeness (QED) is 0.538. The van der Waals surface area contributed by atoms with E-state index in [-0.39, 0.29) is 18.1 Å². The first-order chi connectivity index (χ1) is 15.8. The molecule has 4 rings (SSSR count). The third kappa shape index (κ3) is 4.64. The fourth-order valence-electron chi connectivity index (χ4n) is 3.70. The topological polar surface area (TPSA) is 113 Å². The van der Waals surface area contributed by atoms with Gasteiger partial charge < -0.3 is 24.6 Å². The van der Waals surface area contributed by atoms with Crippen LogP contribution in [0.3, 0.4) is 0 Å². The van der Waals surface area contributed by atoms with Crippen molar-refractivity contribution in [3.8, 4) is 11.5 Å². The van der Waals surface area contributed by atoms with Gasteiger partial charge in [0.25, 0.3) is 5.91 Å². The van der Waals surface area contributed by atoms with E-state index in [1.54, 1.807) is 47.4 Å². The van der Waals surface area contributed by atoms with E-state index in [1.165, 1.54) is 12.1 Å². The number of hydrogen-bond donors (Lipinski definition) is 2. The highest BCUT2D eigenvalue weighted by atomic mass is 16.5. The molecule has 33 heavy (non-hydrogen) atoms. The maximum absolute atomic E-state index is 12.9. The van der Waals surface area contributed by atoms with Gasteiger partial charge in [0.2, 0.25) is 0 Å². The molecule has 0 aromatic heterocycles. The van der Waals surface area contributed by atoms with Crippen LogP contribution < -0.4 is 14.4 Å². The summed E-state index contributed by atoms with van der Waals surface area (Å²) in [5.74, 6) is -1.15. The number of carbonyl (C=O) groups excluding carboxylic acids is 1. The van der Waals surface area contributed by atoms with Crippen LogP contribution in [-0.4, -0.2) is 34.7 Å². The van der Waals surface area contributed by atoms with Crippen LogP contribution in [0.2, 0.25) is 0 Å². The van der Waals surface area contributed by atoms with Crippen molar-refractivity contribution in [1.82, 2.24) is 0 Å². The highest BCUT2D eigenvalue weighted by Gasteiger charge is 2.31. The summed E-state index contributed by atoms with van der Waals surface area (Å²) in [6.45, 7) is 2.00. The van der Waals surface area contributed by atoms with Crippen molar-refractivity contribution in [2.75, 3.05) is 11.5 Å². The van der Waals surface area contributed by atoms with E-state index in [0.29, 0.717) is 29.3 Å². The lowest BCUT2D eigenvalue weighted by molar-refractivity contribution is -0.139. The molecule has 0 aliphatic carbocycles. The van der Waals surface area contributed by atoms with E-state index in [1.807, 2.05) is 13.0 Å². The lowest BCUT2D eigenvalue weighted by Gasteiger charge is -2.16. The number of aromatic carboxylic acids is 1. The molecule has 0 saturated carbocycles. The third-order valence-corrected chi connectivity index (χ3v) is 5.34. The van der Waals surface area contributed by atoms with Gasteiger partial charge in [-0.05, 0) is 66.6 Å². The van der Waals surface area contributed by atoms with E-state index in [0.717, 1.165) is 16.7 Å². The predicted octanol–water partition coefficient (Wildman–Crippen LogP) is 3.90. The van der Waals surface area contributed by atoms with Crippen LogP contribution in [-0.2, 0) is 17.9 Å². The molecule has 0 spiro atoms. The highest BCUT2D eigenvalue weighted by Crippen LogP contribution is 2.34. The summed E-state index contributed by atoms with van der Waals surface area (Å²) in [5.41, 5.74) is 3.74. The molecule has 0 radical (unpaired) electrons. The van der Waals surface area contributed by atoms with E-state index in [4.69, 9.17) is 19.7 Å². The first-order valence-corrected chi connectivity index (χ1v) is 10.2. The number of rotatable bonds is 8. The van der Waals surface area contributed by atoms with Crippen molar-refractivity contribution >= 4 is 23.5 Å². The minimum Gasteiger partial charge on any atom is -0.489 e. The van der Waals surface area contributed by atoms with Crippen molar-refractivity contribution in [3.63, 3.8) is 0 Å². The fraction of sp³-hybridized carbons (Fsp3) is 0.160. The SMILES string of the molecule is Cc1cc(COc2cccc3c2CN(c2ccc(C(=O)O)cc2)C3=O)ccc1OCC(=O)O. The number of amides is 1. The van der Waals surface area contributed by atoms with Crippen LogP contribution in [0.15, 0.2) is 60.7 Å². The first-order valence-electron chi connectivity index (χ1n) is 10.2. The van der Waals surface area contributed by atoms with Gasteiger partial charge in [0.1, 0.15) is 18.1 Å². The number of fused-ring (bicyclic) bond motifs is 1. The molecule has 1 heterocycles. The fourth-order valence-corrected chi connectivity index (χ4v) is 3.70. The predicted molar refractivity (Wildman–Crippen MR) is 119 cm³/mol. The molecule has 0 saturated heterocycles. The average molecular weight is 447 g/mol. The maximum atomic E-state index is 12.9. The van der Waals surface area contributed by atoms with Gasteiger partial charge in [0.05, 0.1) is 12.1 Å². The number of ether oxygens (including phenoxy) is 2. The number of anilines is 1. The number of benzene rings is 3. The standard InChI is InChI=1S/C25H21NO7/c1-15-11-16(5-10-21(15)33-14-23(27)28)13-32-22-4-2-3-19-20(22)12-26(24(19)29)18-8-6-17(7-9-18)25(30)31/h2-11H,12-14H2,1H3,(H,27,28)(H,30,31). The summed E-state index contributed by atoms with van der Waals surface area (Å²) in [6.07, 6.45) is 0. The lowest BCUT2D eigenvalue weighted by Crippen LogP contribution is -2.22. The molecule has 168 valence electrons. The maximum Gasteiger partial charge on any atom is 0.341 e. The molecular formula is C25H21NO7. The van der Waals surface area contributed by atoms with Crippen molar-refractivity contribution in [2.24, 2.45) is 0 Å². The normalized spacial score (nSPS) is 12.4. The van der Waals surface area contributed by atoms with Gasteiger partial charge in [0, 0.05) is 16.8 Å². The van der Waals surface area contributed by atoms with Crippen LogP contribution in [0.1, 0.15) is 37.4 Å². The molecule has 8 nitrogen and oxygen atoms in total. The zero-order valence-corrected chi connectivity index (χ0v) is 17.8. The van der Waals surface area contributed by atoms with E-state index in [9.17, 15) is 14.4 Å². The Labute approximate surface area is 189 Å². The second-order valence-corrected chi connectivity index (χ2v) is 7.60. The number of carbonyl (C=O) groups is 3. The average Bonchev–Trinajstić information content (AvgIpc) is 3.14. The zero-order chi connectivity index (χ0) is 23.5. The van der Waals surface area contributed by atoms with Gasteiger partial charge in [-0.25, -0.2) is 9.59 Å². The first kappa shape index (κ1) is 21.9. The smallest absolute Gasteiger partial charge is 0.341 e. The summed E-state index contributed by atoms with van der Waals surface area (Å²) in [6, 6.07) is 16.9. The van der Waals surface area contributed by atoms with Crippen molar-refractivity contribution in [3.05, 3.63) is 88.5 Å². The van der Waals surface area contributed by atoms with Crippen molar-refractivity contribution in [2.45, 2.75) is 20.1 Å². The molecule has 0 unspecified atom stereocenters. The summed E-state index contributed by atoms with van der Waals surface area (Å²) < 4.78 is 11.3. The van der Waals surface area contributed by atoms with Crippen molar-refractivity contribution < 1.29 is 34.1 Å². The zero-order valence-electron chi connectivity index (χ0n) is 17.8. The number of aliphatic carboxylic acids is 1. The number of carboxylic acid groups (broad SMARTS) is 2. The van der Waals surface area contributed by atoms with Crippen molar-refractivity contribution in [1.29, 1.82) is 0 Å². The highest BCUT2D eigenvalue weighted by molar-refractivity contribution is 6.10. The summed E-state index contributed by atoms with van der Waals surface area (Å²) in [4.78, 5) is 36.3. The van der Waals surface area contributed by atoms with Gasteiger partial charge in [-0.3, -0.25) is 4.79 Å². The lowest BCUT2D eigenvalue weighted by atomic mass is 10.1. The Balaban J connectivity index is 1.48. The number of nitrogens with zero attached hydrogens (tertiary/aromatic N) is 1. The Kier molecular flexibility index (Phi) is 5.99. The molecule has 0 atom stereocenters. The monoisotopic (exact) mass is 447 g/mol. The number of aryl methyl sites for hydroxylation is 1. The second kappa shape index (κ2) is 9.04. The van der Waals surface area contributed by atoms with Gasteiger partial charge in [0.15, 0.2) is 6.61 Å². The van der Waals surface area contributed by atoms with E-state index < -0.39 is 18.5 Å². The Hall–Kier alpha value is -4.33. The van der Waals surface area contributed by atoms with Crippen LogP contribution in [0.4, 0.5) is 5.69 Å². The Morgan fingerprint density at radius 3 is 2.39 bits per heavy atom. The number of hydrogen-bond acceptors (Lipinski definition) is 5. The Morgan fingerprint density at radius 2 is 1.73 bits per heavy atom. The van der Waals surface area contributed by atoms with Crippen LogP contribution in [0.25, 0.3) is 0 Å². The van der Waals surface area contributed by atoms with Gasteiger partial charge in [-0.1, -0.05) is 12.1 Å². The van der Waals surface area contributed by atoms with Crippen LogP contribution in [0, 0.1) is 6.92 Å². The molecule has 1 aliphatic heterocycles. The minimum absolute atomic E-state index is 0.154. The molecule has 1 aliphatic rings. The molecule has 2 N–H and O–H groups in total. The van der Waals surface area contributed by atoms with Gasteiger partial charge in [-0.2, -0.15) is 0 Å². The van der Waals surface area contributed by atoms with Crippen LogP contribution in [0.5, 0.6) is 11.5 Å².